The van der Waals surface area contributed by atoms with Crippen LogP contribution >= 0.6 is 0 Å². The lowest BCUT2D eigenvalue weighted by atomic mass is 10.2. The van der Waals surface area contributed by atoms with Gasteiger partial charge in [-0.15, -0.1) is 0 Å². The lowest BCUT2D eigenvalue weighted by Gasteiger charge is -2.26. The third kappa shape index (κ3) is 3.98. The molecule has 140 valence electrons. The van der Waals surface area contributed by atoms with Gasteiger partial charge in [0.05, 0.1) is 14.2 Å². The van der Waals surface area contributed by atoms with Gasteiger partial charge >= 0.3 is 0 Å². The summed E-state index contributed by atoms with van der Waals surface area (Å²) in [7, 11) is 3.17. The number of ether oxygens (including phenoxy) is 2. The molecule has 0 bridgehead atoms. The molecule has 1 aliphatic rings. The van der Waals surface area contributed by atoms with Crippen LogP contribution in [0.1, 0.15) is 32.6 Å². The highest BCUT2D eigenvalue weighted by Crippen LogP contribution is 2.32. The Morgan fingerprint density at radius 2 is 2.00 bits per heavy atom. The predicted octanol–water partition coefficient (Wildman–Crippen LogP) is 2.94. The average Bonchev–Trinajstić information content (AvgIpc) is 3.39. The van der Waals surface area contributed by atoms with E-state index in [2.05, 4.69) is 10.1 Å². The number of aromatic nitrogens is 2. The summed E-state index contributed by atoms with van der Waals surface area (Å²) >= 11 is 0. The van der Waals surface area contributed by atoms with E-state index in [1.54, 1.807) is 20.3 Å². The molecule has 1 aromatic heterocycles. The molecule has 0 atom stereocenters. The van der Waals surface area contributed by atoms with Crippen molar-refractivity contribution in [1.82, 2.24) is 15.0 Å². The summed E-state index contributed by atoms with van der Waals surface area (Å²) in [5.74, 6) is 2.71. The van der Waals surface area contributed by atoms with Gasteiger partial charge in [-0.2, -0.15) is 4.98 Å². The first-order chi connectivity index (χ1) is 12.5. The first-order valence-electron chi connectivity index (χ1n) is 8.89. The van der Waals surface area contributed by atoms with Gasteiger partial charge in [-0.3, -0.25) is 4.79 Å². The zero-order chi connectivity index (χ0) is 18.7. The number of hydrogen-bond acceptors (Lipinski definition) is 6. The van der Waals surface area contributed by atoms with Crippen LogP contribution in [0.5, 0.6) is 11.5 Å². The minimum Gasteiger partial charge on any atom is -0.493 e. The van der Waals surface area contributed by atoms with E-state index >= 15 is 0 Å². The van der Waals surface area contributed by atoms with Crippen LogP contribution in [0.25, 0.3) is 11.4 Å². The third-order valence-corrected chi connectivity index (χ3v) is 4.51. The van der Waals surface area contributed by atoms with Crippen molar-refractivity contribution in [3.05, 3.63) is 24.1 Å². The summed E-state index contributed by atoms with van der Waals surface area (Å²) in [6.07, 6.45) is 2.55. The molecule has 3 rings (SSSR count). The number of rotatable bonds is 8. The zero-order valence-electron chi connectivity index (χ0n) is 15.7. The standard InChI is InChI=1S/C19H25N3O4/c1-12(2)22(19(23)13-5-6-13)10-9-17-20-18(21-26-17)14-7-8-15(24-3)16(11-14)25-4/h7-8,11-13H,5-6,9-10H2,1-4H3. The molecule has 0 unspecified atom stereocenters. The molecule has 1 aliphatic carbocycles. The largest absolute Gasteiger partial charge is 0.493 e. The van der Waals surface area contributed by atoms with E-state index in [4.69, 9.17) is 14.0 Å². The number of methoxy groups -OCH3 is 2. The number of amides is 1. The molecule has 7 nitrogen and oxygen atoms in total. The lowest BCUT2D eigenvalue weighted by Crippen LogP contribution is -2.39. The molecule has 0 N–H and O–H groups in total. The van der Waals surface area contributed by atoms with E-state index in [9.17, 15) is 4.79 Å². The van der Waals surface area contributed by atoms with Crippen LogP contribution in [-0.4, -0.2) is 47.8 Å². The Hall–Kier alpha value is -2.57. The zero-order valence-corrected chi connectivity index (χ0v) is 15.7. The molecule has 0 saturated heterocycles. The molecular formula is C19H25N3O4. The first-order valence-corrected chi connectivity index (χ1v) is 8.89. The van der Waals surface area contributed by atoms with Crippen molar-refractivity contribution in [1.29, 1.82) is 0 Å². The number of benzene rings is 1. The SMILES string of the molecule is COc1ccc(-c2noc(CCN(C(=O)C3CC3)C(C)C)n2)cc1OC. The van der Waals surface area contributed by atoms with Crippen molar-refractivity contribution >= 4 is 5.91 Å². The van der Waals surface area contributed by atoms with Crippen LogP contribution in [0, 0.1) is 5.92 Å². The van der Waals surface area contributed by atoms with Gasteiger partial charge in [-0.25, -0.2) is 0 Å². The van der Waals surface area contributed by atoms with Crippen LogP contribution in [-0.2, 0) is 11.2 Å². The molecular weight excluding hydrogens is 334 g/mol. The molecule has 2 aromatic rings. The van der Waals surface area contributed by atoms with Gasteiger partial charge in [0.25, 0.3) is 0 Å². The van der Waals surface area contributed by atoms with E-state index < -0.39 is 0 Å². The maximum Gasteiger partial charge on any atom is 0.228 e. The average molecular weight is 359 g/mol. The molecule has 1 amide bonds. The van der Waals surface area contributed by atoms with Crippen molar-refractivity contribution in [3.63, 3.8) is 0 Å². The Morgan fingerprint density at radius 3 is 2.62 bits per heavy atom. The van der Waals surface area contributed by atoms with Crippen LogP contribution < -0.4 is 9.47 Å². The second kappa shape index (κ2) is 7.76. The molecule has 0 aliphatic heterocycles. The Labute approximate surface area is 153 Å². The summed E-state index contributed by atoms with van der Waals surface area (Å²) in [6.45, 7) is 4.65. The maximum atomic E-state index is 12.4. The van der Waals surface area contributed by atoms with E-state index in [-0.39, 0.29) is 17.9 Å². The van der Waals surface area contributed by atoms with Crippen LogP contribution in [0.4, 0.5) is 0 Å². The van der Waals surface area contributed by atoms with E-state index in [0.29, 0.717) is 36.2 Å². The van der Waals surface area contributed by atoms with Crippen molar-refractivity contribution in [2.45, 2.75) is 39.2 Å². The Bertz CT molecular complexity index is 768. The van der Waals surface area contributed by atoms with Gasteiger partial charge < -0.3 is 18.9 Å². The quantitative estimate of drug-likeness (QED) is 0.721. The topological polar surface area (TPSA) is 77.7 Å². The Balaban J connectivity index is 1.68. The van der Waals surface area contributed by atoms with Gasteiger partial charge in [0, 0.05) is 30.5 Å². The summed E-state index contributed by atoms with van der Waals surface area (Å²) < 4.78 is 15.9. The van der Waals surface area contributed by atoms with Crippen molar-refractivity contribution < 1.29 is 18.8 Å². The van der Waals surface area contributed by atoms with Crippen LogP contribution in [0.3, 0.4) is 0 Å². The fraction of sp³-hybridized carbons (Fsp3) is 0.526. The second-order valence-electron chi connectivity index (χ2n) is 6.73. The van der Waals surface area contributed by atoms with Crippen molar-refractivity contribution in [2.75, 3.05) is 20.8 Å². The molecule has 1 heterocycles. The third-order valence-electron chi connectivity index (χ3n) is 4.51. The van der Waals surface area contributed by atoms with Gasteiger partial charge in [-0.1, -0.05) is 5.16 Å². The van der Waals surface area contributed by atoms with Gasteiger partial charge in [-0.05, 0) is 44.9 Å². The first kappa shape index (κ1) is 18.2. The van der Waals surface area contributed by atoms with Crippen LogP contribution in [0.15, 0.2) is 22.7 Å². The van der Waals surface area contributed by atoms with Gasteiger partial charge in [0.2, 0.25) is 17.6 Å². The molecule has 26 heavy (non-hydrogen) atoms. The number of hydrogen-bond donors (Lipinski definition) is 0. The van der Waals surface area contributed by atoms with Crippen LogP contribution in [0.2, 0.25) is 0 Å². The van der Waals surface area contributed by atoms with Gasteiger partial charge in [0.15, 0.2) is 11.5 Å². The van der Waals surface area contributed by atoms with Crippen molar-refractivity contribution in [3.8, 4) is 22.9 Å². The number of carbonyl (C=O) groups excluding carboxylic acids is 1. The fourth-order valence-electron chi connectivity index (χ4n) is 2.85. The smallest absolute Gasteiger partial charge is 0.228 e. The van der Waals surface area contributed by atoms with Crippen molar-refractivity contribution in [2.24, 2.45) is 5.92 Å². The molecule has 7 heteroatoms. The van der Waals surface area contributed by atoms with Gasteiger partial charge in [0.1, 0.15) is 0 Å². The number of carbonyl (C=O) groups is 1. The summed E-state index contributed by atoms with van der Waals surface area (Å²) in [5.41, 5.74) is 0.785. The highest BCUT2D eigenvalue weighted by Gasteiger charge is 2.34. The summed E-state index contributed by atoms with van der Waals surface area (Å²) in [4.78, 5) is 18.7. The molecule has 0 radical (unpaired) electrons. The number of nitrogens with zero attached hydrogens (tertiary/aromatic N) is 3. The van der Waals surface area contributed by atoms with E-state index in [1.165, 1.54) is 0 Å². The molecule has 0 spiro atoms. The van der Waals surface area contributed by atoms with E-state index in [1.807, 2.05) is 30.9 Å². The normalized spacial score (nSPS) is 13.7. The lowest BCUT2D eigenvalue weighted by molar-refractivity contribution is -0.134. The van der Waals surface area contributed by atoms with E-state index in [0.717, 1.165) is 18.4 Å². The highest BCUT2D eigenvalue weighted by atomic mass is 16.5. The Morgan fingerprint density at radius 1 is 1.27 bits per heavy atom. The molecule has 1 aromatic carbocycles. The molecule has 1 fully saturated rings. The highest BCUT2D eigenvalue weighted by molar-refractivity contribution is 5.81. The minimum atomic E-state index is 0.163. The second-order valence-corrected chi connectivity index (χ2v) is 6.73. The predicted molar refractivity (Wildman–Crippen MR) is 96.1 cm³/mol. The minimum absolute atomic E-state index is 0.163. The maximum absolute atomic E-state index is 12.4. The summed E-state index contributed by atoms with van der Waals surface area (Å²) in [6, 6.07) is 5.63. The molecule has 1 saturated carbocycles. The Kier molecular flexibility index (Phi) is 5.44. The monoisotopic (exact) mass is 359 g/mol. The fourth-order valence-corrected chi connectivity index (χ4v) is 2.85. The summed E-state index contributed by atoms with van der Waals surface area (Å²) in [5, 5.41) is 4.05.